The Hall–Kier alpha value is -7.70. The van der Waals surface area contributed by atoms with Crippen molar-refractivity contribution in [1.82, 2.24) is 30.0 Å². The maximum Gasteiger partial charge on any atom is 0.355 e. The van der Waals surface area contributed by atoms with Gasteiger partial charge in [-0.2, -0.15) is 5.10 Å². The summed E-state index contributed by atoms with van der Waals surface area (Å²) in [6, 6.07) is 26.5. The number of hydrogen-bond acceptors (Lipinski definition) is 13. The molecule has 7 aromatic rings. The highest BCUT2D eigenvalue weighted by Crippen LogP contribution is 2.51. The summed E-state index contributed by atoms with van der Waals surface area (Å²) in [5.74, 6) is -1.02. The number of aromatic nitrogens is 4. The van der Waals surface area contributed by atoms with Gasteiger partial charge in [0.15, 0.2) is 16.6 Å². The Balaban J connectivity index is 0.688. The molecule has 3 aromatic heterocycles. The highest BCUT2D eigenvalue weighted by Gasteiger charge is 2.47. The molecule has 6 heterocycles. The number of ether oxygens (including phenoxy) is 2. The van der Waals surface area contributed by atoms with Gasteiger partial charge in [0.25, 0.3) is 5.91 Å². The summed E-state index contributed by atoms with van der Waals surface area (Å²) in [6.07, 6.45) is 5.10. The van der Waals surface area contributed by atoms with E-state index in [0.717, 1.165) is 82.4 Å². The molecule has 4 aromatic carbocycles. The molecule has 1 saturated carbocycles. The zero-order valence-electron chi connectivity index (χ0n) is 40.1. The Kier molecular flexibility index (Phi) is 12.2. The van der Waals surface area contributed by atoms with Crippen LogP contribution >= 0.6 is 11.3 Å². The lowest BCUT2D eigenvalue weighted by Gasteiger charge is -2.51. The molecule has 1 unspecified atom stereocenters. The van der Waals surface area contributed by atoms with E-state index in [1.165, 1.54) is 18.4 Å². The number of methoxy groups -OCH3 is 1. The number of benzene rings is 4. The van der Waals surface area contributed by atoms with E-state index >= 15 is 0 Å². The van der Waals surface area contributed by atoms with Crippen LogP contribution in [0.4, 0.5) is 16.6 Å². The fourth-order valence-corrected chi connectivity index (χ4v) is 12.0. The molecule has 1 aliphatic carbocycles. The van der Waals surface area contributed by atoms with Gasteiger partial charge >= 0.3 is 5.97 Å². The van der Waals surface area contributed by atoms with Crippen molar-refractivity contribution in [1.29, 1.82) is 0 Å². The lowest BCUT2D eigenvalue weighted by atomic mass is 9.61. The Labute approximate surface area is 418 Å². The molecule has 3 aliphatic heterocycles. The van der Waals surface area contributed by atoms with Crippen LogP contribution in [0, 0.1) is 12.3 Å². The number of fused-ring (bicyclic) bond motifs is 3. The number of nitrogens with zero attached hydrogens (tertiary/aromatic N) is 6. The summed E-state index contributed by atoms with van der Waals surface area (Å²) in [6.45, 7) is 4.77. The lowest BCUT2D eigenvalue weighted by molar-refractivity contribution is -0.134. The van der Waals surface area contributed by atoms with Gasteiger partial charge in [-0.25, -0.2) is 14.8 Å². The Morgan fingerprint density at radius 3 is 2.49 bits per heavy atom. The molecule has 18 heteroatoms. The van der Waals surface area contributed by atoms with Crippen LogP contribution in [0.5, 0.6) is 11.5 Å². The van der Waals surface area contributed by atoms with E-state index in [0.29, 0.717) is 70.7 Å². The van der Waals surface area contributed by atoms with E-state index in [1.807, 2.05) is 90.7 Å². The fraction of sp³-hybridized carbons (Fsp3) is 0.333. The number of para-hydroxylation sites is 1. The number of pyridine rings is 1. The molecule has 3 fully saturated rings. The van der Waals surface area contributed by atoms with Gasteiger partial charge in [-0.1, -0.05) is 41.7 Å². The summed E-state index contributed by atoms with van der Waals surface area (Å²) in [7, 11) is 3.30. The van der Waals surface area contributed by atoms with Crippen LogP contribution in [0.15, 0.2) is 84.9 Å². The SMILES string of the molecule is COc1c(NC(=O)CN2CCC3(CC2)CC(Oc2ccc(-c4ccc(N5CCc6cccc(C(=O)Nc7nc8ccccc8s7)c6C5)nc4C(=O)O)c(C)c2)C3)ccc2c(C3CCC(=O)NC3=O)nn(C)c12. The minimum absolute atomic E-state index is 0.0466. The van der Waals surface area contributed by atoms with Gasteiger partial charge < -0.3 is 24.8 Å². The maximum absolute atomic E-state index is 13.6. The maximum atomic E-state index is 13.6. The molecule has 368 valence electrons. The van der Waals surface area contributed by atoms with E-state index in [1.54, 1.807) is 17.8 Å². The van der Waals surface area contributed by atoms with Crippen molar-refractivity contribution in [3.05, 3.63) is 119 Å². The van der Waals surface area contributed by atoms with Crippen LogP contribution in [-0.4, -0.2) is 98.7 Å². The van der Waals surface area contributed by atoms with Crippen LogP contribution in [0.25, 0.3) is 32.2 Å². The van der Waals surface area contributed by atoms with Gasteiger partial charge in [-0.15, -0.1) is 0 Å². The van der Waals surface area contributed by atoms with Crippen LogP contribution in [0.2, 0.25) is 0 Å². The third-order valence-corrected chi connectivity index (χ3v) is 15.8. The largest absolute Gasteiger partial charge is 0.492 e. The normalized spacial score (nSPS) is 17.9. The third kappa shape index (κ3) is 8.89. The molecule has 0 bridgehead atoms. The minimum Gasteiger partial charge on any atom is -0.492 e. The lowest BCUT2D eigenvalue weighted by Crippen LogP contribution is -2.51. The molecule has 0 radical (unpaired) electrons. The van der Waals surface area contributed by atoms with Gasteiger partial charge in [0.1, 0.15) is 17.1 Å². The summed E-state index contributed by atoms with van der Waals surface area (Å²) < 4.78 is 14.9. The Bertz CT molecular complexity index is 3320. The number of carboxylic acid groups (broad SMARTS) is 1. The highest BCUT2D eigenvalue weighted by atomic mass is 32.1. The second-order valence-electron chi connectivity index (χ2n) is 19.4. The fourth-order valence-electron chi connectivity index (χ4n) is 11.1. The number of carboxylic acids is 1. The monoisotopic (exact) mass is 987 g/mol. The van der Waals surface area contributed by atoms with E-state index in [2.05, 4.69) is 30.9 Å². The number of imide groups is 1. The van der Waals surface area contributed by atoms with Crippen molar-refractivity contribution in [2.24, 2.45) is 12.5 Å². The number of rotatable bonds is 12. The molecule has 4 amide bonds. The van der Waals surface area contributed by atoms with Crippen LogP contribution in [-0.2, 0) is 34.4 Å². The third-order valence-electron chi connectivity index (χ3n) is 14.9. The quantitative estimate of drug-likeness (QED) is 0.0861. The molecule has 11 rings (SSSR count). The van der Waals surface area contributed by atoms with E-state index in [4.69, 9.17) is 14.5 Å². The topological polar surface area (TPSA) is 210 Å². The number of likely N-dealkylation sites (tertiary alicyclic amines) is 1. The van der Waals surface area contributed by atoms with E-state index in [9.17, 15) is 29.1 Å². The second-order valence-corrected chi connectivity index (χ2v) is 20.5. The molecule has 17 nitrogen and oxygen atoms in total. The molecular formula is C54H53N9O8S. The average molecular weight is 988 g/mol. The van der Waals surface area contributed by atoms with Crippen molar-refractivity contribution < 1.29 is 38.6 Å². The Morgan fingerprint density at radius 1 is 0.917 bits per heavy atom. The number of nitrogens with one attached hydrogen (secondary N) is 3. The summed E-state index contributed by atoms with van der Waals surface area (Å²) in [4.78, 5) is 77.8. The first kappa shape index (κ1) is 46.7. The van der Waals surface area contributed by atoms with E-state index < -0.39 is 11.9 Å². The number of hydrogen-bond donors (Lipinski definition) is 4. The predicted molar refractivity (Wildman–Crippen MR) is 273 cm³/mol. The van der Waals surface area contributed by atoms with Gasteiger partial charge in [-0.05, 0) is 141 Å². The summed E-state index contributed by atoms with van der Waals surface area (Å²) >= 11 is 1.43. The molecule has 1 atom stereocenters. The standard InChI is InChI=1S/C54H53N9O8S/c1-30-25-32(71-33-26-54(27-33)20-23-62(24-21-54)29-45(65)55-41-16-13-37-46(38-15-18-44(64)58-51(38)67)60-61(2)48(37)49(41)70-3)11-12-34(30)35-14-17-43(57-47(35)52(68)69)63-22-19-31-7-6-8-36(39(31)28-63)50(66)59-53-56-40-9-4-5-10-42(40)72-53/h4-14,16-17,25,33,38H,15,18-24,26-29H2,1-3H3,(H,55,65)(H,68,69)(H,56,59,66)(H,58,64,67). The minimum atomic E-state index is -1.13. The molecule has 2 saturated heterocycles. The van der Waals surface area contributed by atoms with Crippen LogP contribution in [0.1, 0.15) is 87.7 Å². The predicted octanol–water partition coefficient (Wildman–Crippen LogP) is 7.86. The first-order valence-corrected chi connectivity index (χ1v) is 25.1. The molecule has 4 aliphatic rings. The van der Waals surface area contributed by atoms with Crippen molar-refractivity contribution in [3.8, 4) is 22.6 Å². The first-order chi connectivity index (χ1) is 34.8. The van der Waals surface area contributed by atoms with Crippen LogP contribution < -0.4 is 30.3 Å². The number of aryl methyl sites for hydroxylation is 2. The van der Waals surface area contributed by atoms with Crippen molar-refractivity contribution in [2.75, 3.05) is 48.8 Å². The van der Waals surface area contributed by atoms with E-state index in [-0.39, 0.29) is 53.8 Å². The van der Waals surface area contributed by atoms with Crippen molar-refractivity contribution >= 4 is 78.7 Å². The van der Waals surface area contributed by atoms with Gasteiger partial charge in [-0.3, -0.25) is 39.4 Å². The average Bonchev–Trinajstić information content (AvgIpc) is 3.93. The number of aromatic carboxylic acids is 1. The van der Waals surface area contributed by atoms with Gasteiger partial charge in [0, 0.05) is 43.1 Å². The number of amides is 4. The zero-order valence-corrected chi connectivity index (χ0v) is 40.9. The zero-order chi connectivity index (χ0) is 49.8. The number of anilines is 3. The summed E-state index contributed by atoms with van der Waals surface area (Å²) in [5, 5.41) is 24.8. The van der Waals surface area contributed by atoms with Gasteiger partial charge in [0.2, 0.25) is 17.7 Å². The number of carbonyl (C=O) groups excluding carboxylic acids is 4. The van der Waals surface area contributed by atoms with Crippen LogP contribution in [0.3, 0.4) is 0 Å². The highest BCUT2D eigenvalue weighted by molar-refractivity contribution is 7.22. The smallest absolute Gasteiger partial charge is 0.355 e. The molecule has 1 spiro atoms. The molecular weight excluding hydrogens is 935 g/mol. The second kappa shape index (κ2) is 18.8. The molecule has 72 heavy (non-hydrogen) atoms. The number of thiazole rings is 1. The van der Waals surface area contributed by atoms with Crippen molar-refractivity contribution in [3.63, 3.8) is 0 Å². The number of carbonyl (C=O) groups is 5. The number of piperidine rings is 2. The van der Waals surface area contributed by atoms with Gasteiger partial charge in [0.05, 0.1) is 47.3 Å². The Morgan fingerprint density at radius 2 is 1.72 bits per heavy atom. The van der Waals surface area contributed by atoms with Crippen molar-refractivity contribution in [2.45, 2.75) is 70.4 Å². The first-order valence-electron chi connectivity index (χ1n) is 24.3. The summed E-state index contributed by atoms with van der Waals surface area (Å²) in [5.41, 5.74) is 7.33. The molecule has 4 N–H and O–H groups in total.